The van der Waals surface area contributed by atoms with Gasteiger partial charge in [0.25, 0.3) is 0 Å². The maximum Gasteiger partial charge on any atom is 0.227 e. The predicted molar refractivity (Wildman–Crippen MR) is 139 cm³/mol. The fourth-order valence-electron chi connectivity index (χ4n) is 5.49. The Labute approximate surface area is 201 Å². The van der Waals surface area contributed by atoms with E-state index in [1.54, 1.807) is 0 Å². The van der Waals surface area contributed by atoms with Crippen LogP contribution in [0.1, 0.15) is 70.6 Å². The van der Waals surface area contributed by atoms with Gasteiger partial charge >= 0.3 is 0 Å². The maximum absolute atomic E-state index is 12.7. The Morgan fingerprint density at radius 1 is 0.647 bits per heavy atom. The minimum Gasteiger partial charge on any atom is -0.355 e. The summed E-state index contributed by atoms with van der Waals surface area (Å²) in [7, 11) is 0. The summed E-state index contributed by atoms with van der Waals surface area (Å²) in [6, 6.07) is 16.2. The Morgan fingerprint density at radius 2 is 1.18 bits per heavy atom. The quantitative estimate of drug-likeness (QED) is 0.353. The number of rotatable bonds is 5. The van der Waals surface area contributed by atoms with Crippen LogP contribution in [-0.4, -0.2) is 16.8 Å². The lowest BCUT2D eigenvalue weighted by molar-refractivity contribution is -0.121. The molecule has 1 heterocycles. The highest BCUT2D eigenvalue weighted by Gasteiger charge is 2.21. The van der Waals surface area contributed by atoms with Gasteiger partial charge in [0.1, 0.15) is 0 Å². The molecule has 5 heteroatoms. The summed E-state index contributed by atoms with van der Waals surface area (Å²) in [5.41, 5.74) is 4.83. The molecule has 5 nitrogen and oxygen atoms in total. The molecule has 2 amide bonds. The van der Waals surface area contributed by atoms with E-state index in [9.17, 15) is 9.59 Å². The van der Waals surface area contributed by atoms with Crippen LogP contribution in [0.2, 0.25) is 0 Å². The van der Waals surface area contributed by atoms with Gasteiger partial charge < -0.3 is 15.6 Å². The normalized spacial score (nSPS) is 17.9. The number of aromatic nitrogens is 1. The molecule has 2 saturated carbocycles. The van der Waals surface area contributed by atoms with Crippen molar-refractivity contribution < 1.29 is 9.59 Å². The number of benzene rings is 2. The second-order valence-electron chi connectivity index (χ2n) is 10.1. The molecule has 0 spiro atoms. The average molecular weight is 458 g/mol. The number of aromatic amines is 1. The standard InChI is InChI=1S/C29H35N3O2/c33-28(21-10-6-3-7-11-21)30-24-14-12-20(13-15-24)27-19-23-18-25(16-17-26(23)32-27)31-29(34)22-8-4-1-2-5-9-22/h12-19,21-22,32H,1-11H2,(H,30,33)(H,31,34). The molecule has 34 heavy (non-hydrogen) atoms. The van der Waals surface area contributed by atoms with Crippen LogP contribution < -0.4 is 10.6 Å². The summed E-state index contributed by atoms with van der Waals surface area (Å²) in [6.07, 6.45) is 12.4. The number of hydrogen-bond donors (Lipinski definition) is 3. The third kappa shape index (κ3) is 5.35. The van der Waals surface area contributed by atoms with Crippen LogP contribution in [0.4, 0.5) is 11.4 Å². The lowest BCUT2D eigenvalue weighted by Crippen LogP contribution is -2.24. The van der Waals surface area contributed by atoms with Crippen molar-refractivity contribution in [3.05, 3.63) is 48.5 Å². The third-order valence-corrected chi connectivity index (χ3v) is 7.55. The molecule has 0 bridgehead atoms. The molecule has 2 fully saturated rings. The smallest absolute Gasteiger partial charge is 0.227 e. The Balaban J connectivity index is 1.25. The van der Waals surface area contributed by atoms with Gasteiger partial charge in [0.05, 0.1) is 0 Å². The molecule has 0 atom stereocenters. The Morgan fingerprint density at radius 3 is 1.79 bits per heavy atom. The molecule has 178 valence electrons. The molecule has 2 aliphatic carbocycles. The monoisotopic (exact) mass is 457 g/mol. The highest BCUT2D eigenvalue weighted by Crippen LogP contribution is 2.29. The van der Waals surface area contributed by atoms with Crippen molar-refractivity contribution in [1.82, 2.24) is 4.98 Å². The number of amides is 2. The van der Waals surface area contributed by atoms with Gasteiger partial charge in [-0.1, -0.05) is 57.1 Å². The number of fused-ring (bicyclic) bond motifs is 1. The Kier molecular flexibility index (Phi) is 6.98. The minimum atomic E-state index is 0.136. The SMILES string of the molecule is O=C(Nc1ccc2[nH]c(-c3ccc(NC(=O)C4CCCCC4)cc3)cc2c1)C1CCCCCC1. The Bertz CT molecular complexity index is 1130. The van der Waals surface area contributed by atoms with E-state index in [-0.39, 0.29) is 23.7 Å². The van der Waals surface area contributed by atoms with Crippen molar-refractivity contribution in [1.29, 1.82) is 0 Å². The van der Waals surface area contributed by atoms with E-state index in [1.165, 1.54) is 19.3 Å². The summed E-state index contributed by atoms with van der Waals surface area (Å²) in [6.45, 7) is 0. The fourth-order valence-corrected chi connectivity index (χ4v) is 5.49. The number of carbonyl (C=O) groups is 2. The minimum absolute atomic E-state index is 0.136. The van der Waals surface area contributed by atoms with E-state index in [4.69, 9.17) is 0 Å². The molecule has 1 aromatic heterocycles. The van der Waals surface area contributed by atoms with Crippen LogP contribution in [0.25, 0.3) is 22.2 Å². The summed E-state index contributed by atoms with van der Waals surface area (Å²) in [4.78, 5) is 28.7. The lowest BCUT2D eigenvalue weighted by atomic mass is 9.88. The fraction of sp³-hybridized carbons (Fsp3) is 0.448. The largest absolute Gasteiger partial charge is 0.355 e. The second kappa shape index (κ2) is 10.5. The number of anilines is 2. The van der Waals surface area contributed by atoms with Crippen LogP contribution in [0.3, 0.4) is 0 Å². The van der Waals surface area contributed by atoms with Gasteiger partial charge in [0, 0.05) is 39.8 Å². The van der Waals surface area contributed by atoms with Crippen molar-refractivity contribution in [2.24, 2.45) is 11.8 Å². The molecule has 0 saturated heterocycles. The first-order valence-corrected chi connectivity index (χ1v) is 13.0. The number of carbonyl (C=O) groups excluding carboxylic acids is 2. The van der Waals surface area contributed by atoms with E-state index < -0.39 is 0 Å². The molecule has 3 aromatic rings. The predicted octanol–water partition coefficient (Wildman–Crippen LogP) is 7.26. The van der Waals surface area contributed by atoms with Gasteiger partial charge in [-0.15, -0.1) is 0 Å². The molecule has 0 radical (unpaired) electrons. The van der Waals surface area contributed by atoms with Crippen LogP contribution in [0, 0.1) is 11.8 Å². The average Bonchev–Trinajstić information content (AvgIpc) is 3.09. The number of H-pyrrole nitrogens is 1. The molecule has 2 aromatic carbocycles. The third-order valence-electron chi connectivity index (χ3n) is 7.55. The highest BCUT2D eigenvalue weighted by molar-refractivity contribution is 5.96. The van der Waals surface area contributed by atoms with E-state index >= 15 is 0 Å². The summed E-state index contributed by atoms with van der Waals surface area (Å²) in [5.74, 6) is 0.593. The topological polar surface area (TPSA) is 74.0 Å². The van der Waals surface area contributed by atoms with Gasteiger partial charge in [-0.2, -0.15) is 0 Å². The van der Waals surface area contributed by atoms with Crippen molar-refractivity contribution in [3.8, 4) is 11.3 Å². The number of nitrogens with one attached hydrogen (secondary N) is 3. The zero-order valence-electron chi connectivity index (χ0n) is 19.9. The second-order valence-corrected chi connectivity index (χ2v) is 10.1. The van der Waals surface area contributed by atoms with Gasteiger partial charge in [0.15, 0.2) is 0 Å². The zero-order chi connectivity index (χ0) is 23.3. The van der Waals surface area contributed by atoms with Gasteiger partial charge in [-0.25, -0.2) is 0 Å². The molecular weight excluding hydrogens is 422 g/mol. The lowest BCUT2D eigenvalue weighted by Gasteiger charge is -2.20. The van der Waals surface area contributed by atoms with Crippen molar-refractivity contribution in [2.75, 3.05) is 10.6 Å². The van der Waals surface area contributed by atoms with Crippen LogP contribution in [0.5, 0.6) is 0 Å². The van der Waals surface area contributed by atoms with Crippen molar-refractivity contribution >= 4 is 34.1 Å². The molecule has 0 unspecified atom stereocenters. The van der Waals surface area contributed by atoms with Crippen LogP contribution in [-0.2, 0) is 9.59 Å². The van der Waals surface area contributed by atoms with E-state index in [0.717, 1.165) is 84.9 Å². The van der Waals surface area contributed by atoms with Gasteiger partial charge in [-0.3, -0.25) is 9.59 Å². The van der Waals surface area contributed by atoms with Crippen molar-refractivity contribution in [2.45, 2.75) is 70.6 Å². The highest BCUT2D eigenvalue weighted by atomic mass is 16.2. The van der Waals surface area contributed by atoms with Gasteiger partial charge in [0.2, 0.25) is 11.8 Å². The summed E-state index contributed by atoms with van der Waals surface area (Å²) < 4.78 is 0. The first kappa shape index (κ1) is 22.7. The number of hydrogen-bond acceptors (Lipinski definition) is 2. The summed E-state index contributed by atoms with van der Waals surface area (Å²) in [5, 5.41) is 7.30. The molecular formula is C29H35N3O2. The van der Waals surface area contributed by atoms with Crippen LogP contribution >= 0.6 is 0 Å². The molecule has 5 rings (SSSR count). The summed E-state index contributed by atoms with van der Waals surface area (Å²) >= 11 is 0. The van der Waals surface area contributed by atoms with Crippen LogP contribution in [0.15, 0.2) is 48.5 Å². The molecule has 3 N–H and O–H groups in total. The first-order valence-electron chi connectivity index (χ1n) is 13.0. The van der Waals surface area contributed by atoms with E-state index in [0.29, 0.717) is 0 Å². The molecule has 2 aliphatic rings. The van der Waals surface area contributed by atoms with E-state index in [2.05, 4.69) is 21.7 Å². The Hall–Kier alpha value is -3.08. The first-order chi connectivity index (χ1) is 16.7. The van der Waals surface area contributed by atoms with Gasteiger partial charge in [-0.05, 0) is 67.6 Å². The zero-order valence-corrected chi connectivity index (χ0v) is 19.9. The van der Waals surface area contributed by atoms with Crippen molar-refractivity contribution in [3.63, 3.8) is 0 Å². The maximum atomic E-state index is 12.7. The van der Waals surface area contributed by atoms with E-state index in [1.807, 2.05) is 42.5 Å². The molecule has 0 aliphatic heterocycles.